The molecule has 0 atom stereocenters. The summed E-state index contributed by atoms with van der Waals surface area (Å²) in [5, 5.41) is 4.54. The van der Waals surface area contributed by atoms with Crippen molar-refractivity contribution in [2.45, 2.75) is 0 Å². The normalized spacial score (nSPS) is 11.5. The first kappa shape index (κ1) is 31.3. The van der Waals surface area contributed by atoms with Gasteiger partial charge in [-0.15, -0.1) is 0 Å². The summed E-state index contributed by atoms with van der Waals surface area (Å²) in [6.07, 6.45) is 0. The zero-order valence-corrected chi connectivity index (χ0v) is 27.9. The number of hydrogen-bond donors (Lipinski definition) is 2. The molecule has 6 heteroatoms. The Morgan fingerprint density at radius 3 is 1.16 bits per heavy atom. The molecular formula is C44H33N2O3P. The van der Waals surface area contributed by atoms with Crippen molar-refractivity contribution in [2.75, 3.05) is 9.80 Å². The highest BCUT2D eigenvalue weighted by Crippen LogP contribution is 2.42. The van der Waals surface area contributed by atoms with Crippen molar-refractivity contribution in [3.05, 3.63) is 188 Å². The Kier molecular flexibility index (Phi) is 8.23. The molecule has 0 unspecified atom stereocenters. The Morgan fingerprint density at radius 1 is 0.360 bits per heavy atom. The Hall–Kier alpha value is -5.97. The van der Waals surface area contributed by atoms with Crippen LogP contribution in [0, 0.1) is 0 Å². The van der Waals surface area contributed by atoms with E-state index in [0.717, 1.165) is 56.0 Å². The van der Waals surface area contributed by atoms with Gasteiger partial charge in [-0.2, -0.15) is 0 Å². The van der Waals surface area contributed by atoms with Crippen molar-refractivity contribution in [3.63, 3.8) is 0 Å². The van der Waals surface area contributed by atoms with E-state index in [2.05, 4.69) is 149 Å². The lowest BCUT2D eigenvalue weighted by Gasteiger charge is -2.27. The van der Waals surface area contributed by atoms with Crippen LogP contribution in [0.4, 0.5) is 34.1 Å². The van der Waals surface area contributed by atoms with E-state index in [9.17, 15) is 14.4 Å². The summed E-state index contributed by atoms with van der Waals surface area (Å²) in [6.45, 7) is 0. The first-order chi connectivity index (χ1) is 24.4. The molecule has 242 valence electrons. The SMILES string of the molecule is O=P(O)(O)c1ccc(N(c2ccc(-c3ccc(N(c4ccccc4)c4cccc5ccccc45)cc3)cc2)c2cccc3ccccc23)cc1. The maximum atomic E-state index is 11.9. The molecule has 0 spiro atoms. The minimum absolute atomic E-state index is 0.0100. The van der Waals surface area contributed by atoms with Gasteiger partial charge < -0.3 is 19.6 Å². The fourth-order valence-electron chi connectivity index (χ4n) is 6.64. The molecule has 8 rings (SSSR count). The van der Waals surface area contributed by atoms with Crippen molar-refractivity contribution in [3.8, 4) is 11.1 Å². The molecule has 0 saturated carbocycles. The fourth-order valence-corrected chi connectivity index (χ4v) is 7.18. The van der Waals surface area contributed by atoms with E-state index in [-0.39, 0.29) is 5.30 Å². The lowest BCUT2D eigenvalue weighted by atomic mass is 10.0. The molecule has 2 N–H and O–H groups in total. The summed E-state index contributed by atoms with van der Waals surface area (Å²) in [7, 11) is -4.37. The lowest BCUT2D eigenvalue weighted by molar-refractivity contribution is 0.387. The molecule has 8 aromatic carbocycles. The molecule has 0 aliphatic carbocycles. The second kappa shape index (κ2) is 13.1. The monoisotopic (exact) mass is 668 g/mol. The first-order valence-electron chi connectivity index (χ1n) is 16.4. The van der Waals surface area contributed by atoms with Crippen molar-refractivity contribution >= 4 is 68.6 Å². The van der Waals surface area contributed by atoms with Crippen molar-refractivity contribution < 1.29 is 14.4 Å². The van der Waals surface area contributed by atoms with Gasteiger partial charge in [-0.05, 0) is 94.7 Å². The molecule has 0 aliphatic rings. The second-order valence-electron chi connectivity index (χ2n) is 12.2. The standard InChI is InChI=1S/C44H33N2O3P/c47-50(48,49)40-30-28-39(29-31-40)46(44-19-9-13-35-11-5-7-17-42(35)44)38-26-22-33(23-27-38)32-20-24-37(25-21-32)45(36-14-2-1-3-15-36)43-18-8-12-34-10-4-6-16-41(34)43/h1-31H,(H2,47,48,49). The number of anilines is 6. The van der Waals surface area contributed by atoms with E-state index in [4.69, 9.17) is 0 Å². The Balaban J connectivity index is 1.16. The highest BCUT2D eigenvalue weighted by Gasteiger charge is 2.20. The maximum absolute atomic E-state index is 11.9. The van der Waals surface area contributed by atoms with Gasteiger partial charge in [0.2, 0.25) is 0 Å². The van der Waals surface area contributed by atoms with Gasteiger partial charge in [0.25, 0.3) is 0 Å². The lowest BCUT2D eigenvalue weighted by Crippen LogP contribution is -2.12. The van der Waals surface area contributed by atoms with Crippen LogP contribution in [0.3, 0.4) is 0 Å². The molecule has 5 nitrogen and oxygen atoms in total. The zero-order valence-electron chi connectivity index (χ0n) is 27.0. The van der Waals surface area contributed by atoms with Gasteiger partial charge in [0, 0.05) is 33.5 Å². The Bertz CT molecular complexity index is 2470. The van der Waals surface area contributed by atoms with Gasteiger partial charge in [-0.1, -0.05) is 115 Å². The van der Waals surface area contributed by atoms with Gasteiger partial charge in [0.1, 0.15) is 0 Å². The summed E-state index contributed by atoms with van der Waals surface area (Å²) < 4.78 is 11.9. The number of benzene rings is 8. The van der Waals surface area contributed by atoms with Crippen LogP contribution in [0.5, 0.6) is 0 Å². The van der Waals surface area contributed by atoms with Crippen LogP contribution in [0.25, 0.3) is 32.7 Å². The third-order valence-corrected chi connectivity index (χ3v) is 10.0. The second-order valence-corrected chi connectivity index (χ2v) is 13.8. The highest BCUT2D eigenvalue weighted by molar-refractivity contribution is 7.60. The van der Waals surface area contributed by atoms with Crippen LogP contribution >= 0.6 is 7.60 Å². The smallest absolute Gasteiger partial charge is 0.321 e. The van der Waals surface area contributed by atoms with E-state index in [1.165, 1.54) is 22.9 Å². The average Bonchev–Trinajstić information content (AvgIpc) is 3.16. The minimum atomic E-state index is -4.37. The summed E-state index contributed by atoms with van der Waals surface area (Å²) >= 11 is 0. The molecule has 50 heavy (non-hydrogen) atoms. The number of para-hydroxylation sites is 1. The van der Waals surface area contributed by atoms with Crippen LogP contribution in [0.1, 0.15) is 0 Å². The summed E-state index contributed by atoms with van der Waals surface area (Å²) in [4.78, 5) is 23.9. The molecule has 0 radical (unpaired) electrons. The fraction of sp³-hybridized carbons (Fsp3) is 0. The Morgan fingerprint density at radius 2 is 0.720 bits per heavy atom. The van der Waals surface area contributed by atoms with E-state index < -0.39 is 7.60 Å². The number of fused-ring (bicyclic) bond motifs is 2. The Labute approximate surface area is 291 Å². The van der Waals surface area contributed by atoms with Crippen LogP contribution in [-0.2, 0) is 4.57 Å². The third kappa shape index (κ3) is 6.06. The van der Waals surface area contributed by atoms with Crippen molar-refractivity contribution in [2.24, 2.45) is 0 Å². The molecule has 0 bridgehead atoms. The number of rotatable bonds is 8. The van der Waals surface area contributed by atoms with Gasteiger partial charge in [0.05, 0.1) is 16.7 Å². The number of hydrogen-bond acceptors (Lipinski definition) is 3. The third-order valence-electron chi connectivity index (χ3n) is 9.06. The van der Waals surface area contributed by atoms with E-state index in [1.54, 1.807) is 12.1 Å². The van der Waals surface area contributed by atoms with E-state index in [0.29, 0.717) is 0 Å². The predicted molar refractivity (Wildman–Crippen MR) is 208 cm³/mol. The molecule has 0 aliphatic heterocycles. The van der Waals surface area contributed by atoms with Gasteiger partial charge in [-0.25, -0.2) is 0 Å². The van der Waals surface area contributed by atoms with Crippen LogP contribution in [0.2, 0.25) is 0 Å². The van der Waals surface area contributed by atoms with Crippen molar-refractivity contribution in [1.29, 1.82) is 0 Å². The molecule has 0 aromatic heterocycles. The van der Waals surface area contributed by atoms with Crippen LogP contribution < -0.4 is 15.1 Å². The molecule has 0 heterocycles. The quantitative estimate of drug-likeness (QED) is 0.158. The largest absolute Gasteiger partial charge is 0.356 e. The summed E-state index contributed by atoms with van der Waals surface area (Å²) in [6, 6.07) is 63.3. The summed E-state index contributed by atoms with van der Waals surface area (Å²) in [5.74, 6) is 0. The predicted octanol–water partition coefficient (Wildman–Crippen LogP) is 11.4. The molecule has 0 saturated heterocycles. The zero-order chi connectivity index (χ0) is 34.1. The molecular weight excluding hydrogens is 635 g/mol. The first-order valence-corrected chi connectivity index (χ1v) is 18.0. The van der Waals surface area contributed by atoms with Crippen LogP contribution in [-0.4, -0.2) is 9.79 Å². The minimum Gasteiger partial charge on any atom is -0.321 e. The van der Waals surface area contributed by atoms with Gasteiger partial charge in [-0.3, -0.25) is 4.57 Å². The van der Waals surface area contributed by atoms with Crippen molar-refractivity contribution in [1.82, 2.24) is 0 Å². The summed E-state index contributed by atoms with van der Waals surface area (Å²) in [5.41, 5.74) is 8.13. The topological polar surface area (TPSA) is 64.0 Å². The number of nitrogens with zero attached hydrogens (tertiary/aromatic N) is 2. The van der Waals surface area contributed by atoms with Gasteiger partial charge >= 0.3 is 7.60 Å². The average molecular weight is 669 g/mol. The van der Waals surface area contributed by atoms with Gasteiger partial charge in [0.15, 0.2) is 0 Å². The van der Waals surface area contributed by atoms with Crippen LogP contribution in [0.15, 0.2) is 188 Å². The molecule has 0 fully saturated rings. The highest BCUT2D eigenvalue weighted by atomic mass is 31.2. The van der Waals surface area contributed by atoms with E-state index in [1.807, 2.05) is 24.3 Å². The molecule has 8 aromatic rings. The maximum Gasteiger partial charge on any atom is 0.356 e. The molecule has 0 amide bonds. The van der Waals surface area contributed by atoms with E-state index >= 15 is 0 Å².